The summed E-state index contributed by atoms with van der Waals surface area (Å²) in [5.74, 6) is 1.46. The number of furan rings is 1. The molecule has 0 saturated heterocycles. The zero-order valence-corrected chi connectivity index (χ0v) is 14.4. The van der Waals surface area contributed by atoms with Crippen LogP contribution in [0.1, 0.15) is 36.5 Å². The minimum absolute atomic E-state index is 0.0974. The second-order valence-corrected chi connectivity index (χ2v) is 6.74. The van der Waals surface area contributed by atoms with Crippen LogP contribution in [0.2, 0.25) is 0 Å². The highest BCUT2D eigenvalue weighted by molar-refractivity contribution is 6.07. The maximum Gasteiger partial charge on any atom is 0.254 e. The van der Waals surface area contributed by atoms with Gasteiger partial charge in [0, 0.05) is 18.5 Å². The number of carbonyl (C=O) groups is 1. The van der Waals surface area contributed by atoms with Crippen LogP contribution in [-0.2, 0) is 0 Å². The van der Waals surface area contributed by atoms with Gasteiger partial charge < -0.3 is 9.32 Å². The lowest BCUT2D eigenvalue weighted by molar-refractivity contribution is 0.0749. The van der Waals surface area contributed by atoms with Gasteiger partial charge >= 0.3 is 0 Å². The van der Waals surface area contributed by atoms with Crippen molar-refractivity contribution < 1.29 is 9.21 Å². The van der Waals surface area contributed by atoms with E-state index in [0.717, 1.165) is 30.4 Å². The molecule has 128 valence electrons. The molecule has 0 aliphatic heterocycles. The van der Waals surface area contributed by atoms with E-state index in [1.54, 1.807) is 6.26 Å². The SMILES string of the molecule is CCCN(CC1CC1)C(=O)c1cc(-c2ccco2)nc2ccccc12. The van der Waals surface area contributed by atoms with E-state index in [-0.39, 0.29) is 5.91 Å². The first-order chi connectivity index (χ1) is 12.3. The number of amides is 1. The Balaban J connectivity index is 1.79. The van der Waals surface area contributed by atoms with Gasteiger partial charge in [0.05, 0.1) is 17.3 Å². The molecule has 0 unspecified atom stereocenters. The Hall–Kier alpha value is -2.62. The van der Waals surface area contributed by atoms with Gasteiger partial charge in [0.15, 0.2) is 5.76 Å². The number of aromatic nitrogens is 1. The highest BCUT2D eigenvalue weighted by atomic mass is 16.3. The fourth-order valence-electron chi connectivity index (χ4n) is 3.23. The van der Waals surface area contributed by atoms with Gasteiger partial charge in [0.2, 0.25) is 0 Å². The summed E-state index contributed by atoms with van der Waals surface area (Å²) in [4.78, 5) is 20.0. The van der Waals surface area contributed by atoms with Gasteiger partial charge in [-0.1, -0.05) is 25.1 Å². The molecule has 3 aromatic rings. The molecule has 2 aromatic heterocycles. The van der Waals surface area contributed by atoms with Crippen molar-refractivity contribution in [3.8, 4) is 11.5 Å². The van der Waals surface area contributed by atoms with Crippen molar-refractivity contribution in [2.75, 3.05) is 13.1 Å². The molecule has 25 heavy (non-hydrogen) atoms. The molecule has 0 atom stereocenters. The van der Waals surface area contributed by atoms with Crippen LogP contribution in [0.4, 0.5) is 0 Å². The lowest BCUT2D eigenvalue weighted by Crippen LogP contribution is -2.33. The zero-order valence-electron chi connectivity index (χ0n) is 14.4. The predicted molar refractivity (Wildman–Crippen MR) is 98.4 cm³/mol. The lowest BCUT2D eigenvalue weighted by Gasteiger charge is -2.23. The molecule has 1 amide bonds. The third-order valence-electron chi connectivity index (χ3n) is 4.68. The van der Waals surface area contributed by atoms with E-state index < -0.39 is 0 Å². The minimum Gasteiger partial charge on any atom is -0.463 e. The number of rotatable bonds is 6. The number of para-hydroxylation sites is 1. The summed E-state index contributed by atoms with van der Waals surface area (Å²) >= 11 is 0. The standard InChI is InChI=1S/C21H22N2O2/c1-2-11-23(14-15-9-10-15)21(24)17-13-19(20-8-5-12-25-20)22-18-7-4-3-6-16(17)18/h3-8,12-13,15H,2,9-11,14H2,1H3. The third kappa shape index (κ3) is 3.29. The summed E-state index contributed by atoms with van der Waals surface area (Å²) in [5.41, 5.74) is 2.24. The summed E-state index contributed by atoms with van der Waals surface area (Å²) in [6, 6.07) is 13.4. The highest BCUT2D eigenvalue weighted by Gasteiger charge is 2.28. The second kappa shape index (κ2) is 6.71. The fourth-order valence-corrected chi connectivity index (χ4v) is 3.23. The number of carbonyl (C=O) groups excluding carboxylic acids is 1. The van der Waals surface area contributed by atoms with E-state index in [4.69, 9.17) is 4.42 Å². The quantitative estimate of drug-likeness (QED) is 0.653. The second-order valence-electron chi connectivity index (χ2n) is 6.74. The van der Waals surface area contributed by atoms with Gasteiger partial charge in [0.25, 0.3) is 5.91 Å². The van der Waals surface area contributed by atoms with Crippen LogP contribution < -0.4 is 0 Å². The van der Waals surface area contributed by atoms with Crippen molar-refractivity contribution in [3.05, 3.63) is 54.3 Å². The fraction of sp³-hybridized carbons (Fsp3) is 0.333. The Morgan fingerprint density at radius 3 is 2.80 bits per heavy atom. The first kappa shape index (κ1) is 15.9. The molecule has 4 nitrogen and oxygen atoms in total. The van der Waals surface area contributed by atoms with E-state index in [9.17, 15) is 4.79 Å². The molecule has 0 radical (unpaired) electrons. The van der Waals surface area contributed by atoms with Crippen LogP contribution in [0.15, 0.2) is 53.1 Å². The van der Waals surface area contributed by atoms with E-state index in [0.29, 0.717) is 22.9 Å². The molecular weight excluding hydrogens is 312 g/mol. The van der Waals surface area contributed by atoms with Crippen LogP contribution in [0.3, 0.4) is 0 Å². The lowest BCUT2D eigenvalue weighted by atomic mass is 10.0. The van der Waals surface area contributed by atoms with Gasteiger partial charge in [-0.15, -0.1) is 0 Å². The van der Waals surface area contributed by atoms with E-state index in [1.807, 2.05) is 47.4 Å². The molecular formula is C21H22N2O2. The van der Waals surface area contributed by atoms with Crippen LogP contribution in [0, 0.1) is 5.92 Å². The number of hydrogen-bond donors (Lipinski definition) is 0. The van der Waals surface area contributed by atoms with Crippen LogP contribution >= 0.6 is 0 Å². The summed E-state index contributed by atoms with van der Waals surface area (Å²) in [6.07, 6.45) is 5.07. The first-order valence-electron chi connectivity index (χ1n) is 8.99. The van der Waals surface area contributed by atoms with Gasteiger partial charge in [-0.25, -0.2) is 4.98 Å². The summed E-state index contributed by atoms with van der Waals surface area (Å²) in [5, 5.41) is 0.903. The molecule has 0 N–H and O–H groups in total. The number of hydrogen-bond acceptors (Lipinski definition) is 3. The maximum atomic E-state index is 13.3. The Morgan fingerprint density at radius 1 is 1.24 bits per heavy atom. The monoisotopic (exact) mass is 334 g/mol. The third-order valence-corrected chi connectivity index (χ3v) is 4.68. The summed E-state index contributed by atoms with van der Waals surface area (Å²) < 4.78 is 5.50. The minimum atomic E-state index is 0.0974. The molecule has 1 fully saturated rings. The summed E-state index contributed by atoms with van der Waals surface area (Å²) in [6.45, 7) is 3.77. The maximum absolute atomic E-state index is 13.3. The van der Waals surface area contributed by atoms with E-state index >= 15 is 0 Å². The van der Waals surface area contributed by atoms with Crippen LogP contribution in [-0.4, -0.2) is 28.9 Å². The smallest absolute Gasteiger partial charge is 0.254 e. The molecule has 1 aliphatic rings. The predicted octanol–water partition coefficient (Wildman–Crippen LogP) is 4.76. The van der Waals surface area contributed by atoms with Crippen molar-refractivity contribution in [1.29, 1.82) is 0 Å². The highest BCUT2D eigenvalue weighted by Crippen LogP contribution is 2.31. The number of benzene rings is 1. The largest absolute Gasteiger partial charge is 0.463 e. The van der Waals surface area contributed by atoms with Crippen molar-refractivity contribution >= 4 is 16.8 Å². The summed E-state index contributed by atoms with van der Waals surface area (Å²) in [7, 11) is 0. The molecule has 4 heteroatoms. The molecule has 1 aliphatic carbocycles. The molecule has 0 spiro atoms. The van der Waals surface area contributed by atoms with Crippen molar-refractivity contribution in [2.45, 2.75) is 26.2 Å². The molecule has 2 heterocycles. The Morgan fingerprint density at radius 2 is 2.08 bits per heavy atom. The Labute approximate surface area is 147 Å². The topological polar surface area (TPSA) is 46.3 Å². The van der Waals surface area contributed by atoms with Crippen LogP contribution in [0.25, 0.3) is 22.4 Å². The molecule has 4 rings (SSSR count). The molecule has 0 bridgehead atoms. The Bertz CT molecular complexity index is 882. The van der Waals surface area contributed by atoms with E-state index in [1.165, 1.54) is 12.8 Å². The van der Waals surface area contributed by atoms with Crippen molar-refractivity contribution in [3.63, 3.8) is 0 Å². The number of nitrogens with zero attached hydrogens (tertiary/aromatic N) is 2. The van der Waals surface area contributed by atoms with Gasteiger partial charge in [-0.05, 0) is 49.4 Å². The van der Waals surface area contributed by atoms with Gasteiger partial charge in [-0.2, -0.15) is 0 Å². The van der Waals surface area contributed by atoms with Crippen molar-refractivity contribution in [2.24, 2.45) is 5.92 Å². The number of fused-ring (bicyclic) bond motifs is 1. The van der Waals surface area contributed by atoms with Crippen molar-refractivity contribution in [1.82, 2.24) is 9.88 Å². The molecule has 1 saturated carbocycles. The average Bonchev–Trinajstić information content (AvgIpc) is 3.29. The Kier molecular flexibility index (Phi) is 4.26. The zero-order chi connectivity index (χ0) is 17.2. The van der Waals surface area contributed by atoms with E-state index in [2.05, 4.69) is 11.9 Å². The van der Waals surface area contributed by atoms with Gasteiger partial charge in [-0.3, -0.25) is 4.79 Å². The normalized spacial score (nSPS) is 14.0. The van der Waals surface area contributed by atoms with Crippen LogP contribution in [0.5, 0.6) is 0 Å². The average molecular weight is 334 g/mol. The number of pyridine rings is 1. The molecule has 1 aromatic carbocycles. The van der Waals surface area contributed by atoms with Gasteiger partial charge in [0.1, 0.15) is 5.69 Å². The first-order valence-corrected chi connectivity index (χ1v) is 8.99.